The van der Waals surface area contributed by atoms with Gasteiger partial charge in [0.2, 0.25) is 0 Å². The summed E-state index contributed by atoms with van der Waals surface area (Å²) in [5.41, 5.74) is 3.99. The van der Waals surface area contributed by atoms with Crippen molar-refractivity contribution < 1.29 is 9.90 Å². The first-order valence-electron chi connectivity index (χ1n) is 9.94. The Balaban J connectivity index is 1.86. The topological polar surface area (TPSA) is 93.3 Å². The number of aromatic nitrogens is 5. The van der Waals surface area contributed by atoms with Crippen molar-refractivity contribution in [3.8, 4) is 11.3 Å². The molecule has 0 aliphatic rings. The maximum absolute atomic E-state index is 12.1. The third-order valence-corrected chi connectivity index (χ3v) is 4.93. The third kappa shape index (κ3) is 4.05. The van der Waals surface area contributed by atoms with Crippen molar-refractivity contribution in [3.05, 3.63) is 78.1 Å². The Labute approximate surface area is 174 Å². The number of carboxylic acids is 1. The molecule has 0 fully saturated rings. The second kappa shape index (κ2) is 8.41. The Hall–Kier alpha value is -3.61. The predicted octanol–water partition coefficient (Wildman–Crippen LogP) is 3.80. The Morgan fingerprint density at radius 1 is 1.07 bits per heavy atom. The van der Waals surface area contributed by atoms with Gasteiger partial charge in [-0.2, -0.15) is 0 Å². The fourth-order valence-corrected chi connectivity index (χ4v) is 3.53. The quantitative estimate of drug-likeness (QED) is 0.506. The Kier molecular flexibility index (Phi) is 5.52. The molecule has 3 heterocycles. The highest BCUT2D eigenvalue weighted by Gasteiger charge is 2.27. The monoisotopic (exact) mass is 401 g/mol. The lowest BCUT2D eigenvalue weighted by Crippen LogP contribution is -2.18. The first-order valence-corrected chi connectivity index (χ1v) is 9.94. The number of aliphatic carboxylic acids is 1. The van der Waals surface area contributed by atoms with E-state index < -0.39 is 11.9 Å². The van der Waals surface area contributed by atoms with Gasteiger partial charge in [-0.25, -0.2) is 4.98 Å². The summed E-state index contributed by atoms with van der Waals surface area (Å²) in [6.07, 6.45) is 6.19. The average Bonchev–Trinajstić information content (AvgIpc) is 3.17. The summed E-state index contributed by atoms with van der Waals surface area (Å²) in [5, 5.41) is 18.6. The normalized spacial score (nSPS) is 12.4. The van der Waals surface area contributed by atoms with Crippen LogP contribution < -0.4 is 0 Å². The SMILES string of the molecule is CC(C)Cc1nc(-c2ccccc2)cn2c(C(Cc3cccnc3)C(=O)O)nnc12. The number of carbonyl (C=O) groups is 1. The molecule has 3 aromatic heterocycles. The molecule has 4 aromatic rings. The van der Waals surface area contributed by atoms with Gasteiger partial charge >= 0.3 is 5.97 Å². The molecule has 0 spiro atoms. The lowest BCUT2D eigenvalue weighted by molar-refractivity contribution is -0.139. The maximum atomic E-state index is 12.1. The highest BCUT2D eigenvalue weighted by molar-refractivity contribution is 5.76. The van der Waals surface area contributed by atoms with E-state index in [1.807, 2.05) is 42.6 Å². The molecule has 0 aliphatic heterocycles. The van der Waals surface area contributed by atoms with Crippen LogP contribution in [0.2, 0.25) is 0 Å². The van der Waals surface area contributed by atoms with Crippen molar-refractivity contribution in [3.63, 3.8) is 0 Å². The number of carboxylic acid groups (broad SMARTS) is 1. The summed E-state index contributed by atoms with van der Waals surface area (Å²) in [7, 11) is 0. The first kappa shape index (κ1) is 19.7. The summed E-state index contributed by atoms with van der Waals surface area (Å²) < 4.78 is 1.79. The fraction of sp³-hybridized carbons (Fsp3) is 0.261. The van der Waals surface area contributed by atoms with Gasteiger partial charge in [-0.1, -0.05) is 50.2 Å². The van der Waals surface area contributed by atoms with Gasteiger partial charge in [0.25, 0.3) is 0 Å². The second-order valence-electron chi connectivity index (χ2n) is 7.74. The van der Waals surface area contributed by atoms with Crippen molar-refractivity contribution in [1.29, 1.82) is 0 Å². The summed E-state index contributed by atoms with van der Waals surface area (Å²) in [6.45, 7) is 4.24. The van der Waals surface area contributed by atoms with Crippen LogP contribution in [-0.4, -0.2) is 35.6 Å². The molecule has 4 rings (SSSR count). The van der Waals surface area contributed by atoms with Gasteiger partial charge in [-0.05, 0) is 30.4 Å². The molecule has 7 heteroatoms. The van der Waals surface area contributed by atoms with Gasteiger partial charge in [0, 0.05) is 24.2 Å². The highest BCUT2D eigenvalue weighted by Crippen LogP contribution is 2.25. The van der Waals surface area contributed by atoms with E-state index in [0.717, 1.165) is 28.9 Å². The van der Waals surface area contributed by atoms with Gasteiger partial charge in [-0.15, -0.1) is 10.2 Å². The van der Waals surface area contributed by atoms with E-state index in [1.54, 1.807) is 22.9 Å². The van der Waals surface area contributed by atoms with Crippen LogP contribution in [0.1, 0.15) is 36.8 Å². The molecule has 0 aliphatic carbocycles. The van der Waals surface area contributed by atoms with Gasteiger partial charge in [0.1, 0.15) is 5.92 Å². The summed E-state index contributed by atoms with van der Waals surface area (Å²) in [6, 6.07) is 13.5. The number of pyridine rings is 1. The highest BCUT2D eigenvalue weighted by atomic mass is 16.4. The summed E-state index contributed by atoms with van der Waals surface area (Å²) >= 11 is 0. The van der Waals surface area contributed by atoms with Crippen LogP contribution >= 0.6 is 0 Å². The number of hydrogen-bond acceptors (Lipinski definition) is 5. The summed E-state index contributed by atoms with van der Waals surface area (Å²) in [5.74, 6) is -1.03. The molecule has 1 unspecified atom stereocenters. The molecule has 0 amide bonds. The zero-order valence-electron chi connectivity index (χ0n) is 16.9. The standard InChI is InChI=1S/C23H23N5O2/c1-15(2)11-19-22-27-26-21(18(23(29)30)12-16-7-6-10-24-13-16)28(22)14-20(25-19)17-8-4-3-5-9-17/h3-10,13-15,18H,11-12H2,1-2H3,(H,29,30). The molecular formula is C23H23N5O2. The lowest BCUT2D eigenvalue weighted by atomic mass is 10.00. The third-order valence-electron chi connectivity index (χ3n) is 4.93. The summed E-state index contributed by atoms with van der Waals surface area (Å²) in [4.78, 5) is 21.1. The number of fused-ring (bicyclic) bond motifs is 1. The van der Waals surface area contributed by atoms with E-state index in [2.05, 4.69) is 29.0 Å². The number of rotatable bonds is 7. The maximum Gasteiger partial charge on any atom is 0.314 e. The first-order chi connectivity index (χ1) is 14.5. The number of hydrogen-bond donors (Lipinski definition) is 1. The molecule has 1 aromatic carbocycles. The van der Waals surface area contributed by atoms with E-state index in [1.165, 1.54) is 0 Å². The number of benzene rings is 1. The van der Waals surface area contributed by atoms with Gasteiger partial charge in [0.15, 0.2) is 11.5 Å². The molecule has 1 N–H and O–H groups in total. The van der Waals surface area contributed by atoms with Crippen LogP contribution in [0.15, 0.2) is 61.1 Å². The Morgan fingerprint density at radius 2 is 1.87 bits per heavy atom. The van der Waals surface area contributed by atoms with Crippen LogP contribution in [-0.2, 0) is 17.6 Å². The van der Waals surface area contributed by atoms with E-state index in [9.17, 15) is 9.90 Å². The van der Waals surface area contributed by atoms with E-state index in [0.29, 0.717) is 17.4 Å². The van der Waals surface area contributed by atoms with Crippen LogP contribution in [0.4, 0.5) is 0 Å². The van der Waals surface area contributed by atoms with Crippen LogP contribution in [0.3, 0.4) is 0 Å². The minimum absolute atomic E-state index is 0.284. The van der Waals surface area contributed by atoms with Crippen LogP contribution in [0.5, 0.6) is 0 Å². The minimum atomic E-state index is -0.948. The van der Waals surface area contributed by atoms with Crippen molar-refractivity contribution in [2.24, 2.45) is 5.92 Å². The predicted molar refractivity (Wildman–Crippen MR) is 113 cm³/mol. The lowest BCUT2D eigenvalue weighted by Gasteiger charge is -2.13. The zero-order valence-corrected chi connectivity index (χ0v) is 16.9. The Bertz CT molecular complexity index is 1160. The minimum Gasteiger partial charge on any atom is -0.481 e. The molecular weight excluding hydrogens is 378 g/mol. The largest absolute Gasteiger partial charge is 0.481 e. The number of nitrogens with zero attached hydrogens (tertiary/aromatic N) is 5. The smallest absolute Gasteiger partial charge is 0.314 e. The molecule has 0 radical (unpaired) electrons. The van der Waals surface area contributed by atoms with Gasteiger partial charge in [-0.3, -0.25) is 14.2 Å². The van der Waals surface area contributed by atoms with Crippen molar-refractivity contribution >= 4 is 11.6 Å². The van der Waals surface area contributed by atoms with Crippen LogP contribution in [0.25, 0.3) is 16.9 Å². The van der Waals surface area contributed by atoms with Gasteiger partial charge in [0.05, 0.1) is 11.4 Å². The van der Waals surface area contributed by atoms with Crippen molar-refractivity contribution in [1.82, 2.24) is 24.6 Å². The molecule has 30 heavy (non-hydrogen) atoms. The van der Waals surface area contributed by atoms with Crippen molar-refractivity contribution in [2.75, 3.05) is 0 Å². The average molecular weight is 401 g/mol. The fourth-order valence-electron chi connectivity index (χ4n) is 3.53. The molecule has 152 valence electrons. The molecule has 0 saturated heterocycles. The van der Waals surface area contributed by atoms with Crippen molar-refractivity contribution in [2.45, 2.75) is 32.6 Å². The molecule has 0 saturated carbocycles. The van der Waals surface area contributed by atoms with E-state index in [4.69, 9.17) is 4.98 Å². The van der Waals surface area contributed by atoms with E-state index in [-0.39, 0.29) is 6.42 Å². The van der Waals surface area contributed by atoms with Crippen LogP contribution in [0, 0.1) is 5.92 Å². The van der Waals surface area contributed by atoms with E-state index >= 15 is 0 Å². The van der Waals surface area contributed by atoms with Gasteiger partial charge < -0.3 is 5.11 Å². The zero-order chi connectivity index (χ0) is 21.1. The second-order valence-corrected chi connectivity index (χ2v) is 7.74. The molecule has 1 atom stereocenters. The molecule has 7 nitrogen and oxygen atoms in total. The molecule has 0 bridgehead atoms. The Morgan fingerprint density at radius 3 is 2.53 bits per heavy atom.